The zero-order chi connectivity index (χ0) is 41.9. The Morgan fingerprint density at radius 2 is 0.688 bits per heavy atom. The van der Waals surface area contributed by atoms with Gasteiger partial charge < -0.3 is 18.5 Å². The lowest BCUT2D eigenvalue weighted by Gasteiger charge is -2.26. The lowest BCUT2D eigenvalue weighted by Crippen LogP contribution is -2.10. The number of aromatic nitrogens is 2. The van der Waals surface area contributed by atoms with Gasteiger partial charge in [0.15, 0.2) is 0 Å². The molecule has 0 aliphatic carbocycles. The third-order valence-corrected chi connectivity index (χ3v) is 13.4. The van der Waals surface area contributed by atoms with E-state index >= 15 is 0 Å². The monoisotopic (exact) mass is 815 g/mol. The normalized spacial score (nSPS) is 12.1. The molecule has 0 aliphatic heterocycles. The van der Waals surface area contributed by atoms with Gasteiger partial charge in [-0.1, -0.05) is 133 Å². The van der Waals surface area contributed by atoms with E-state index in [0.717, 1.165) is 55.9 Å². The molecule has 0 aliphatic rings. The van der Waals surface area contributed by atoms with Crippen LogP contribution < -0.4 is 4.90 Å². The predicted octanol–water partition coefficient (Wildman–Crippen LogP) is 16.7. The van der Waals surface area contributed by atoms with Gasteiger partial charge in [0.25, 0.3) is 0 Å². The van der Waals surface area contributed by atoms with Crippen molar-refractivity contribution >= 4 is 115 Å². The molecule has 0 atom stereocenters. The lowest BCUT2D eigenvalue weighted by atomic mass is 9.94. The summed E-state index contributed by atoms with van der Waals surface area (Å²) >= 11 is 0. The summed E-state index contributed by atoms with van der Waals surface area (Å²) in [6.07, 6.45) is 0. The molecule has 0 radical (unpaired) electrons. The van der Waals surface area contributed by atoms with Gasteiger partial charge in [-0.25, -0.2) is 0 Å². The Morgan fingerprint density at radius 3 is 1.39 bits per heavy atom. The van der Waals surface area contributed by atoms with Crippen molar-refractivity contribution in [1.82, 2.24) is 9.13 Å². The molecule has 0 saturated heterocycles. The SMILES string of the molecule is c1ccc(-n2c3ccccc3c3ccc(-n4c5ccccc5c5cc(N(c6ccc7oc8ccccc8c7c6)c6ccc7c8ccccc8c8ccccc8c7c6)ccc54)cc32)cc1. The second-order valence-corrected chi connectivity index (χ2v) is 16.9. The van der Waals surface area contributed by atoms with Crippen LogP contribution in [0.25, 0.3) is 109 Å². The molecule has 0 bridgehead atoms. The van der Waals surface area contributed by atoms with Crippen molar-refractivity contribution in [3.05, 3.63) is 224 Å². The molecule has 0 amide bonds. The second kappa shape index (κ2) is 13.4. The Morgan fingerprint density at radius 1 is 0.250 bits per heavy atom. The summed E-state index contributed by atoms with van der Waals surface area (Å²) in [4.78, 5) is 2.42. The summed E-state index contributed by atoms with van der Waals surface area (Å²) < 4.78 is 11.2. The topological polar surface area (TPSA) is 26.2 Å². The van der Waals surface area contributed by atoms with Crippen molar-refractivity contribution in [2.45, 2.75) is 0 Å². The first kappa shape index (κ1) is 35.0. The van der Waals surface area contributed by atoms with E-state index in [1.807, 2.05) is 12.1 Å². The van der Waals surface area contributed by atoms with Crippen LogP contribution in [-0.4, -0.2) is 9.13 Å². The van der Waals surface area contributed by atoms with E-state index in [2.05, 4.69) is 226 Å². The zero-order valence-corrected chi connectivity index (χ0v) is 34.6. The number of hydrogen-bond donors (Lipinski definition) is 0. The van der Waals surface area contributed by atoms with Crippen molar-refractivity contribution in [3.63, 3.8) is 0 Å². The minimum atomic E-state index is 0.877. The fourth-order valence-corrected chi connectivity index (χ4v) is 10.7. The van der Waals surface area contributed by atoms with Gasteiger partial charge in [-0.2, -0.15) is 0 Å². The highest BCUT2D eigenvalue weighted by molar-refractivity contribution is 6.26. The van der Waals surface area contributed by atoms with Crippen LogP contribution in [0.15, 0.2) is 229 Å². The van der Waals surface area contributed by atoms with Gasteiger partial charge in [0, 0.05) is 60.8 Å². The van der Waals surface area contributed by atoms with Crippen LogP contribution in [0.4, 0.5) is 17.1 Å². The van der Waals surface area contributed by atoms with Crippen LogP contribution >= 0.6 is 0 Å². The molecule has 64 heavy (non-hydrogen) atoms. The first-order valence-electron chi connectivity index (χ1n) is 21.9. The number of nitrogens with zero attached hydrogens (tertiary/aromatic N) is 3. The average Bonchev–Trinajstić information content (AvgIpc) is 4.01. The van der Waals surface area contributed by atoms with Gasteiger partial charge in [0.05, 0.1) is 22.1 Å². The minimum absolute atomic E-state index is 0.877. The molecular weight excluding hydrogens is 779 g/mol. The number of anilines is 3. The summed E-state index contributed by atoms with van der Waals surface area (Å²) in [6, 6.07) is 81.7. The quantitative estimate of drug-likeness (QED) is 0.162. The lowest BCUT2D eigenvalue weighted by molar-refractivity contribution is 0.669. The van der Waals surface area contributed by atoms with Crippen molar-refractivity contribution in [2.24, 2.45) is 0 Å². The first-order valence-corrected chi connectivity index (χ1v) is 21.9. The molecule has 0 spiro atoms. The second-order valence-electron chi connectivity index (χ2n) is 16.9. The van der Waals surface area contributed by atoms with Crippen LogP contribution in [0.1, 0.15) is 0 Å². The van der Waals surface area contributed by atoms with E-state index in [9.17, 15) is 0 Å². The van der Waals surface area contributed by atoms with Gasteiger partial charge in [-0.05, 0) is 123 Å². The smallest absolute Gasteiger partial charge is 0.135 e. The number of fused-ring (bicyclic) bond motifs is 15. The van der Waals surface area contributed by atoms with Gasteiger partial charge >= 0.3 is 0 Å². The molecule has 0 N–H and O–H groups in total. The molecule has 3 aromatic heterocycles. The van der Waals surface area contributed by atoms with Gasteiger partial charge in [0.1, 0.15) is 11.2 Å². The first-order chi connectivity index (χ1) is 31.7. The molecule has 298 valence electrons. The molecule has 14 rings (SSSR count). The van der Waals surface area contributed by atoms with E-state index in [4.69, 9.17) is 4.42 Å². The van der Waals surface area contributed by atoms with Crippen molar-refractivity contribution < 1.29 is 4.42 Å². The van der Waals surface area contributed by atoms with Crippen molar-refractivity contribution in [3.8, 4) is 11.4 Å². The molecule has 4 nitrogen and oxygen atoms in total. The number of para-hydroxylation sites is 4. The number of hydrogen-bond acceptors (Lipinski definition) is 2. The predicted molar refractivity (Wildman–Crippen MR) is 270 cm³/mol. The van der Waals surface area contributed by atoms with Crippen LogP contribution in [0.3, 0.4) is 0 Å². The summed E-state index contributed by atoms with van der Waals surface area (Å²) in [6.45, 7) is 0. The third kappa shape index (κ3) is 5.05. The van der Waals surface area contributed by atoms with E-state index in [1.165, 1.54) is 70.4 Å². The van der Waals surface area contributed by atoms with E-state index in [-0.39, 0.29) is 0 Å². The number of rotatable bonds is 5. The highest BCUT2D eigenvalue weighted by Gasteiger charge is 2.21. The van der Waals surface area contributed by atoms with Crippen LogP contribution in [0.2, 0.25) is 0 Å². The Hall–Kier alpha value is -8.60. The molecule has 0 fully saturated rings. The van der Waals surface area contributed by atoms with E-state index < -0.39 is 0 Å². The fraction of sp³-hybridized carbons (Fsp3) is 0. The Balaban J connectivity index is 1.01. The molecule has 3 heterocycles. The van der Waals surface area contributed by atoms with Gasteiger partial charge in [0.2, 0.25) is 0 Å². The van der Waals surface area contributed by atoms with Crippen LogP contribution in [0, 0.1) is 0 Å². The van der Waals surface area contributed by atoms with Crippen molar-refractivity contribution in [2.75, 3.05) is 4.90 Å². The number of benzene rings is 11. The molecule has 0 unspecified atom stereocenters. The Kier molecular flexibility index (Phi) is 7.36. The Bertz CT molecular complexity index is 4170. The van der Waals surface area contributed by atoms with E-state index in [1.54, 1.807) is 0 Å². The third-order valence-electron chi connectivity index (χ3n) is 13.4. The maximum absolute atomic E-state index is 6.35. The fourth-order valence-electron chi connectivity index (χ4n) is 10.7. The molecule has 0 saturated carbocycles. The molecule has 4 heteroatoms. The van der Waals surface area contributed by atoms with Gasteiger partial charge in [-0.3, -0.25) is 0 Å². The Labute approximate surface area is 367 Å². The summed E-state index contributed by atoms with van der Waals surface area (Å²) in [7, 11) is 0. The van der Waals surface area contributed by atoms with Crippen molar-refractivity contribution in [1.29, 1.82) is 0 Å². The summed E-state index contributed by atoms with van der Waals surface area (Å²) in [5, 5.41) is 14.6. The van der Waals surface area contributed by atoms with Gasteiger partial charge in [-0.15, -0.1) is 0 Å². The molecular formula is C60H37N3O. The molecule has 14 aromatic rings. The molecule has 11 aromatic carbocycles. The minimum Gasteiger partial charge on any atom is -0.456 e. The maximum atomic E-state index is 6.35. The summed E-state index contributed by atoms with van der Waals surface area (Å²) in [5.74, 6) is 0. The standard InChI is InChI=1S/C60H37N3O/c1-2-14-38(15-3-1)62-55-23-11-8-20-48(55)50-31-27-42(37-58(50)62)63-56-24-12-9-21-49(56)53-35-40(28-32-57(53)63)61(41-29-33-60-54(36-41)51-22-10-13-25-59(51)64-60)39-26-30-47-45-18-5-4-16-43(45)44-17-6-7-19-46(44)52(47)34-39/h1-37H. The van der Waals surface area contributed by atoms with Crippen LogP contribution in [0.5, 0.6) is 0 Å². The highest BCUT2D eigenvalue weighted by atomic mass is 16.3. The largest absolute Gasteiger partial charge is 0.456 e. The maximum Gasteiger partial charge on any atom is 0.135 e. The number of furan rings is 1. The van der Waals surface area contributed by atoms with Crippen LogP contribution in [-0.2, 0) is 0 Å². The summed E-state index contributed by atoms with van der Waals surface area (Å²) in [5.41, 5.74) is 12.0. The average molecular weight is 816 g/mol. The zero-order valence-electron chi connectivity index (χ0n) is 34.6. The highest BCUT2D eigenvalue weighted by Crippen LogP contribution is 2.45. The van der Waals surface area contributed by atoms with E-state index in [0.29, 0.717) is 0 Å².